The summed E-state index contributed by atoms with van der Waals surface area (Å²) in [5, 5.41) is 7.29. The highest BCUT2D eigenvalue weighted by Gasteiger charge is 2.62. The van der Waals surface area contributed by atoms with Gasteiger partial charge in [-0.05, 0) is 73.5 Å². The number of amides is 5. The number of rotatable bonds is 10. The Bertz CT molecular complexity index is 1580. The number of likely N-dealkylation sites (tertiary alicyclic amines) is 1. The van der Waals surface area contributed by atoms with Gasteiger partial charge in [-0.15, -0.1) is 6.58 Å². The zero-order chi connectivity index (χ0) is 35.8. The van der Waals surface area contributed by atoms with Crippen molar-refractivity contribution in [3.05, 3.63) is 41.4 Å². The van der Waals surface area contributed by atoms with Crippen molar-refractivity contribution in [1.82, 2.24) is 20.3 Å². The second kappa shape index (κ2) is 13.7. The predicted molar refractivity (Wildman–Crippen MR) is 180 cm³/mol. The average Bonchev–Trinajstić information content (AvgIpc) is 3.88. The van der Waals surface area contributed by atoms with Crippen molar-refractivity contribution < 1.29 is 41.9 Å². The lowest BCUT2D eigenvalue weighted by Gasteiger charge is -2.36. The molecule has 3 aliphatic rings. The molecule has 1 aromatic rings. The number of nitrogens with zero attached hydrogens (tertiary/aromatic N) is 1. The van der Waals surface area contributed by atoms with E-state index in [4.69, 9.17) is 9.47 Å². The molecule has 0 aromatic heterocycles. The fraction of sp³-hybridized carbons (Fsp3) is 0.594. The summed E-state index contributed by atoms with van der Waals surface area (Å²) < 4.78 is 38.9. The quantitative estimate of drug-likeness (QED) is 0.259. The van der Waals surface area contributed by atoms with Gasteiger partial charge in [-0.25, -0.2) is 18.0 Å². The molecule has 4 rings (SSSR count). The number of carbonyl (C=O) groups is 5. The largest absolute Gasteiger partial charge is 0.444 e. The summed E-state index contributed by atoms with van der Waals surface area (Å²) in [7, 11) is -3.91. The third-order valence-electron chi connectivity index (χ3n) is 8.26. The minimum Gasteiger partial charge on any atom is -0.444 e. The van der Waals surface area contributed by atoms with Crippen LogP contribution in [0.15, 0.2) is 41.4 Å². The minimum absolute atomic E-state index is 0.105. The number of benzene rings is 1. The molecule has 5 atom stereocenters. The first kappa shape index (κ1) is 37.2. The van der Waals surface area contributed by atoms with Gasteiger partial charge in [0.25, 0.3) is 5.91 Å². The summed E-state index contributed by atoms with van der Waals surface area (Å²) >= 11 is 3.35. The topological polar surface area (TPSA) is 189 Å². The van der Waals surface area contributed by atoms with Gasteiger partial charge in [0.15, 0.2) is 0 Å². The van der Waals surface area contributed by atoms with Gasteiger partial charge in [0.05, 0.1) is 17.5 Å². The van der Waals surface area contributed by atoms with E-state index in [1.165, 1.54) is 11.0 Å². The number of sulfonamides is 1. The summed E-state index contributed by atoms with van der Waals surface area (Å²) in [6.07, 6.45) is -0.313. The highest BCUT2D eigenvalue weighted by Crippen LogP contribution is 2.45. The number of para-hydroxylation sites is 1. The van der Waals surface area contributed by atoms with Gasteiger partial charge < -0.3 is 25.0 Å². The van der Waals surface area contributed by atoms with Gasteiger partial charge in [0, 0.05) is 16.8 Å². The molecule has 16 heteroatoms. The SMILES string of the molecule is C=CC1C[C@]1(NC(=O)[C@@H]1C[C@@H](OC(=O)Nc2ccccc2Br)CN1C(=O)[C@@H](NC(=O)OC(C)(C)C)C(C)(C)C)C(=O)NS(=O)(=O)C1CC1. The van der Waals surface area contributed by atoms with Crippen molar-refractivity contribution in [2.45, 2.75) is 102 Å². The summed E-state index contributed by atoms with van der Waals surface area (Å²) in [6.45, 7) is 13.7. The van der Waals surface area contributed by atoms with Crippen LogP contribution in [0.3, 0.4) is 0 Å². The van der Waals surface area contributed by atoms with Gasteiger partial charge in [0.2, 0.25) is 21.8 Å². The standard InChI is InChI=1S/C32H44BrN5O9S/c1-8-18-16-32(18,27(41)37-48(44,45)20-13-14-20)36-25(39)23-15-19(46-28(42)34-22-12-10-9-11-21(22)33)17-38(23)26(40)24(30(2,3)4)35-29(43)47-31(5,6)7/h8-12,18-20,23-24H,1,13-17H2,2-7H3,(H,34,42)(H,35,43)(H,36,39)(H,37,41)/t18?,19-,23+,24-,32-/m1/s1. The molecular formula is C32H44BrN5O9S. The van der Waals surface area contributed by atoms with E-state index in [9.17, 15) is 32.4 Å². The van der Waals surface area contributed by atoms with Crippen LogP contribution in [-0.2, 0) is 33.9 Å². The van der Waals surface area contributed by atoms with E-state index in [-0.39, 0.29) is 19.4 Å². The predicted octanol–water partition coefficient (Wildman–Crippen LogP) is 3.58. The smallest absolute Gasteiger partial charge is 0.411 e. The lowest BCUT2D eigenvalue weighted by atomic mass is 9.85. The first-order valence-corrected chi connectivity index (χ1v) is 18.0. The maximum absolute atomic E-state index is 14.2. The fourth-order valence-corrected chi connectivity index (χ4v) is 7.24. The Morgan fingerprint density at radius 2 is 1.71 bits per heavy atom. The Kier molecular flexibility index (Phi) is 10.6. The number of halogens is 1. The lowest BCUT2D eigenvalue weighted by Crippen LogP contribution is -2.60. The Hall–Kier alpha value is -3.66. The van der Waals surface area contributed by atoms with Crippen LogP contribution in [-0.4, -0.2) is 84.3 Å². The molecule has 1 saturated heterocycles. The van der Waals surface area contributed by atoms with Crippen LogP contribution in [0, 0.1) is 11.3 Å². The Morgan fingerprint density at radius 1 is 1.06 bits per heavy atom. The Balaban J connectivity index is 1.59. The maximum Gasteiger partial charge on any atom is 0.411 e. The minimum atomic E-state index is -3.91. The van der Waals surface area contributed by atoms with Crippen molar-refractivity contribution in [2.75, 3.05) is 11.9 Å². The molecule has 48 heavy (non-hydrogen) atoms. The maximum atomic E-state index is 14.2. The molecule has 1 heterocycles. The molecular weight excluding hydrogens is 710 g/mol. The molecule has 1 unspecified atom stereocenters. The molecule has 5 amide bonds. The molecule has 14 nitrogen and oxygen atoms in total. The molecule has 1 aliphatic heterocycles. The number of hydrogen-bond donors (Lipinski definition) is 4. The summed E-state index contributed by atoms with van der Waals surface area (Å²) in [5.41, 5.74) is -2.85. The van der Waals surface area contributed by atoms with E-state index in [1.54, 1.807) is 65.8 Å². The third kappa shape index (κ3) is 8.87. The van der Waals surface area contributed by atoms with Crippen LogP contribution in [0.25, 0.3) is 0 Å². The third-order valence-corrected chi connectivity index (χ3v) is 10.8. The van der Waals surface area contributed by atoms with Gasteiger partial charge >= 0.3 is 12.2 Å². The average molecular weight is 755 g/mol. The molecule has 0 spiro atoms. The summed E-state index contributed by atoms with van der Waals surface area (Å²) in [4.78, 5) is 68.4. The number of alkyl carbamates (subject to hydrolysis) is 1. The van der Waals surface area contributed by atoms with E-state index >= 15 is 0 Å². The molecule has 2 aliphatic carbocycles. The van der Waals surface area contributed by atoms with Gasteiger partial charge in [0.1, 0.15) is 29.3 Å². The molecule has 264 valence electrons. The molecule has 0 bridgehead atoms. The zero-order valence-corrected chi connectivity index (χ0v) is 30.3. The van der Waals surface area contributed by atoms with Crippen molar-refractivity contribution in [3.63, 3.8) is 0 Å². The second-order valence-electron chi connectivity index (χ2n) is 14.5. The van der Waals surface area contributed by atoms with Crippen molar-refractivity contribution >= 4 is 61.5 Å². The molecule has 4 N–H and O–H groups in total. The Labute approximate surface area is 289 Å². The number of ether oxygens (including phenoxy) is 2. The van der Waals surface area contributed by atoms with Gasteiger partial charge in [-0.2, -0.15) is 0 Å². The van der Waals surface area contributed by atoms with Crippen LogP contribution in [0.1, 0.15) is 67.2 Å². The zero-order valence-electron chi connectivity index (χ0n) is 27.9. The van der Waals surface area contributed by atoms with Crippen LogP contribution < -0.4 is 20.7 Å². The van der Waals surface area contributed by atoms with E-state index < -0.39 is 85.8 Å². The van der Waals surface area contributed by atoms with Crippen LogP contribution in [0.2, 0.25) is 0 Å². The van der Waals surface area contributed by atoms with E-state index in [2.05, 4.69) is 43.2 Å². The van der Waals surface area contributed by atoms with E-state index in [0.717, 1.165) is 0 Å². The summed E-state index contributed by atoms with van der Waals surface area (Å²) in [5.74, 6) is -2.84. The van der Waals surface area contributed by atoms with Crippen LogP contribution in [0.5, 0.6) is 0 Å². The van der Waals surface area contributed by atoms with Crippen molar-refractivity contribution in [1.29, 1.82) is 0 Å². The number of anilines is 1. The van der Waals surface area contributed by atoms with Gasteiger partial charge in [-0.3, -0.25) is 24.4 Å². The van der Waals surface area contributed by atoms with E-state index in [1.807, 2.05) is 0 Å². The second-order valence-corrected chi connectivity index (χ2v) is 17.3. The highest BCUT2D eigenvalue weighted by atomic mass is 79.9. The van der Waals surface area contributed by atoms with Crippen molar-refractivity contribution in [3.8, 4) is 0 Å². The van der Waals surface area contributed by atoms with Crippen LogP contribution in [0.4, 0.5) is 15.3 Å². The van der Waals surface area contributed by atoms with Crippen LogP contribution >= 0.6 is 15.9 Å². The first-order chi connectivity index (χ1) is 22.2. The number of nitrogens with one attached hydrogen (secondary N) is 4. The van der Waals surface area contributed by atoms with Gasteiger partial charge in [-0.1, -0.05) is 39.0 Å². The first-order valence-electron chi connectivity index (χ1n) is 15.7. The number of hydrogen-bond acceptors (Lipinski definition) is 9. The lowest BCUT2D eigenvalue weighted by molar-refractivity contribution is -0.143. The monoisotopic (exact) mass is 753 g/mol. The fourth-order valence-electron chi connectivity index (χ4n) is 5.49. The number of carbonyl (C=O) groups excluding carboxylic acids is 5. The van der Waals surface area contributed by atoms with Crippen molar-refractivity contribution in [2.24, 2.45) is 11.3 Å². The molecule has 2 saturated carbocycles. The summed E-state index contributed by atoms with van der Waals surface area (Å²) in [6, 6.07) is 4.45. The normalized spacial score (nSPS) is 24.5. The molecule has 0 radical (unpaired) electrons. The Morgan fingerprint density at radius 3 is 2.25 bits per heavy atom. The molecule has 1 aromatic carbocycles. The van der Waals surface area contributed by atoms with E-state index in [0.29, 0.717) is 23.0 Å². The highest BCUT2D eigenvalue weighted by molar-refractivity contribution is 9.10. The molecule has 3 fully saturated rings.